The zero-order valence-electron chi connectivity index (χ0n) is 22.1. The highest BCUT2D eigenvalue weighted by molar-refractivity contribution is 6.42. The first-order chi connectivity index (χ1) is 18.7. The first-order valence-corrected chi connectivity index (χ1v) is 13.5. The van der Waals surface area contributed by atoms with Crippen molar-refractivity contribution in [3.63, 3.8) is 0 Å². The van der Waals surface area contributed by atoms with Gasteiger partial charge < -0.3 is 20.1 Å². The number of likely N-dealkylation sites (N-methyl/N-ethyl adjacent to an activating group) is 1. The molecule has 0 unspecified atom stereocenters. The molecule has 39 heavy (non-hydrogen) atoms. The number of aliphatic hydroxyl groups is 1. The fraction of sp³-hybridized carbons (Fsp3) is 0.345. The lowest BCUT2D eigenvalue weighted by Gasteiger charge is -2.38. The number of fused-ring (bicyclic) bond motifs is 1. The van der Waals surface area contributed by atoms with Crippen LogP contribution in [0.4, 0.5) is 5.69 Å². The van der Waals surface area contributed by atoms with Crippen molar-refractivity contribution < 1.29 is 19.4 Å². The van der Waals surface area contributed by atoms with Gasteiger partial charge in [-0.15, -0.1) is 0 Å². The van der Waals surface area contributed by atoms with Crippen LogP contribution >= 0.6 is 23.2 Å². The SMILES string of the molecule is C[C@@H]1CN([C@@H](C)CO)C(=O)c2cc(NC(=O)c3ccncc3)ccc2O[C@H]1CN(C)Cc1ccc(Cl)c(Cl)c1. The molecular formula is C29H32Cl2N4O4. The van der Waals surface area contributed by atoms with Crippen LogP contribution in [0, 0.1) is 5.92 Å². The van der Waals surface area contributed by atoms with Crippen molar-refractivity contribution >= 4 is 40.7 Å². The number of aromatic nitrogens is 1. The molecule has 0 saturated heterocycles. The van der Waals surface area contributed by atoms with Crippen molar-refractivity contribution in [1.29, 1.82) is 0 Å². The second kappa shape index (κ2) is 12.8. The first-order valence-electron chi connectivity index (χ1n) is 12.7. The van der Waals surface area contributed by atoms with Gasteiger partial charge in [-0.2, -0.15) is 0 Å². The largest absolute Gasteiger partial charge is 0.488 e. The lowest BCUT2D eigenvalue weighted by Crippen LogP contribution is -2.49. The van der Waals surface area contributed by atoms with Crippen LogP contribution in [-0.2, 0) is 6.54 Å². The highest BCUT2D eigenvalue weighted by Gasteiger charge is 2.33. The van der Waals surface area contributed by atoms with Crippen molar-refractivity contribution in [3.05, 3.63) is 87.7 Å². The fourth-order valence-electron chi connectivity index (χ4n) is 4.55. The molecule has 0 saturated carbocycles. The van der Waals surface area contributed by atoms with Gasteiger partial charge >= 0.3 is 0 Å². The summed E-state index contributed by atoms with van der Waals surface area (Å²) in [6.45, 7) is 5.29. The average molecular weight is 572 g/mol. The maximum Gasteiger partial charge on any atom is 0.258 e. The Labute approximate surface area is 238 Å². The first kappa shape index (κ1) is 28.8. The summed E-state index contributed by atoms with van der Waals surface area (Å²) in [6, 6.07) is 13.5. The van der Waals surface area contributed by atoms with Crippen LogP contribution in [0.1, 0.15) is 40.1 Å². The summed E-state index contributed by atoms with van der Waals surface area (Å²) in [5, 5.41) is 13.8. The molecule has 0 fully saturated rings. The number of hydrogen-bond acceptors (Lipinski definition) is 6. The van der Waals surface area contributed by atoms with Crippen molar-refractivity contribution in [2.24, 2.45) is 5.92 Å². The second-order valence-electron chi connectivity index (χ2n) is 9.97. The van der Waals surface area contributed by atoms with E-state index in [9.17, 15) is 14.7 Å². The average Bonchev–Trinajstić information content (AvgIpc) is 2.93. The number of rotatable bonds is 8. The predicted octanol–water partition coefficient (Wildman–Crippen LogP) is 4.99. The van der Waals surface area contributed by atoms with Crippen LogP contribution in [0.2, 0.25) is 10.0 Å². The number of amides is 2. The molecule has 1 aromatic heterocycles. The molecule has 206 valence electrons. The minimum absolute atomic E-state index is 0.0292. The monoisotopic (exact) mass is 570 g/mol. The van der Waals surface area contributed by atoms with Gasteiger partial charge in [0.25, 0.3) is 11.8 Å². The molecule has 2 N–H and O–H groups in total. The van der Waals surface area contributed by atoms with Crippen LogP contribution < -0.4 is 10.1 Å². The molecule has 1 aliphatic rings. The molecule has 2 aromatic carbocycles. The molecule has 3 aromatic rings. The van der Waals surface area contributed by atoms with Gasteiger partial charge in [0.2, 0.25) is 0 Å². The van der Waals surface area contributed by atoms with E-state index in [4.69, 9.17) is 27.9 Å². The molecule has 2 heterocycles. The van der Waals surface area contributed by atoms with E-state index in [0.717, 1.165) is 5.56 Å². The zero-order valence-corrected chi connectivity index (χ0v) is 23.6. The maximum absolute atomic E-state index is 13.7. The summed E-state index contributed by atoms with van der Waals surface area (Å²) < 4.78 is 6.46. The molecule has 0 aliphatic carbocycles. The number of hydrogen-bond donors (Lipinski definition) is 2. The number of aliphatic hydroxyl groups excluding tert-OH is 1. The van der Waals surface area contributed by atoms with Crippen molar-refractivity contribution in [1.82, 2.24) is 14.8 Å². The number of carbonyl (C=O) groups is 2. The molecule has 3 atom stereocenters. The van der Waals surface area contributed by atoms with Gasteiger partial charge in [-0.1, -0.05) is 36.2 Å². The number of benzene rings is 2. The molecule has 4 rings (SSSR count). The molecule has 1 aliphatic heterocycles. The van der Waals surface area contributed by atoms with Crippen LogP contribution in [0.25, 0.3) is 0 Å². The zero-order chi connectivity index (χ0) is 28.1. The normalized spacial score (nSPS) is 18.1. The Morgan fingerprint density at radius 2 is 1.92 bits per heavy atom. The summed E-state index contributed by atoms with van der Waals surface area (Å²) in [7, 11) is 2.00. The maximum atomic E-state index is 13.7. The second-order valence-corrected chi connectivity index (χ2v) is 10.8. The van der Waals surface area contributed by atoms with Gasteiger partial charge in [0.1, 0.15) is 11.9 Å². The Morgan fingerprint density at radius 3 is 2.62 bits per heavy atom. The minimum atomic E-state index is -0.393. The third-order valence-corrected chi connectivity index (χ3v) is 7.53. The summed E-state index contributed by atoms with van der Waals surface area (Å²) in [6.07, 6.45) is 2.83. The summed E-state index contributed by atoms with van der Waals surface area (Å²) in [5.41, 5.74) is 2.26. The number of pyridine rings is 1. The molecule has 0 spiro atoms. The Morgan fingerprint density at radius 1 is 1.18 bits per heavy atom. The molecule has 2 amide bonds. The number of anilines is 1. The van der Waals surface area contributed by atoms with E-state index in [-0.39, 0.29) is 30.4 Å². The van der Waals surface area contributed by atoms with E-state index < -0.39 is 6.04 Å². The highest BCUT2D eigenvalue weighted by Crippen LogP contribution is 2.31. The van der Waals surface area contributed by atoms with E-state index in [0.29, 0.717) is 52.2 Å². The Balaban J connectivity index is 1.59. The minimum Gasteiger partial charge on any atom is -0.488 e. The van der Waals surface area contributed by atoms with Gasteiger partial charge in [0, 0.05) is 49.2 Å². The number of nitrogens with zero attached hydrogens (tertiary/aromatic N) is 3. The Hall–Kier alpha value is -3.17. The van der Waals surface area contributed by atoms with Gasteiger partial charge in [0.05, 0.1) is 28.3 Å². The standard InChI is InChI=1S/C29H32Cl2N4O4/c1-18-14-35(19(2)17-36)29(38)23-13-22(33-28(37)21-8-10-32-11-9-21)5-7-26(23)39-27(18)16-34(3)15-20-4-6-24(30)25(31)12-20/h4-13,18-19,27,36H,14-17H2,1-3H3,(H,33,37)/t18-,19+,27+/m1/s1. The van der Waals surface area contributed by atoms with E-state index >= 15 is 0 Å². The molecule has 0 bridgehead atoms. The summed E-state index contributed by atoms with van der Waals surface area (Å²) in [4.78, 5) is 34.1. The fourth-order valence-corrected chi connectivity index (χ4v) is 4.87. The molecule has 10 heteroatoms. The smallest absolute Gasteiger partial charge is 0.258 e. The topological polar surface area (TPSA) is 95.0 Å². The van der Waals surface area contributed by atoms with E-state index in [1.165, 1.54) is 0 Å². The number of nitrogens with one attached hydrogen (secondary N) is 1. The predicted molar refractivity (Wildman–Crippen MR) is 153 cm³/mol. The van der Waals surface area contributed by atoms with Crippen molar-refractivity contribution in [2.75, 3.05) is 32.1 Å². The van der Waals surface area contributed by atoms with Crippen molar-refractivity contribution in [3.8, 4) is 5.75 Å². The number of halogens is 2. The number of carbonyl (C=O) groups excluding carboxylic acids is 2. The van der Waals surface area contributed by atoms with E-state index in [2.05, 4.69) is 15.2 Å². The van der Waals surface area contributed by atoms with Crippen LogP contribution in [0.5, 0.6) is 5.75 Å². The molecule has 0 radical (unpaired) electrons. The molecular weight excluding hydrogens is 539 g/mol. The Kier molecular flexibility index (Phi) is 9.45. The third kappa shape index (κ3) is 7.08. The number of ether oxygens (including phenoxy) is 1. The molecule has 8 nitrogen and oxygen atoms in total. The van der Waals surface area contributed by atoms with Gasteiger partial charge in [0.15, 0.2) is 0 Å². The van der Waals surface area contributed by atoms with Crippen molar-refractivity contribution in [2.45, 2.75) is 32.5 Å². The van der Waals surface area contributed by atoms with E-state index in [1.54, 1.807) is 53.7 Å². The van der Waals surface area contributed by atoms with Crippen LogP contribution in [0.15, 0.2) is 60.9 Å². The highest BCUT2D eigenvalue weighted by atomic mass is 35.5. The summed E-state index contributed by atoms with van der Waals surface area (Å²) in [5.74, 6) is -0.177. The quantitative estimate of drug-likeness (QED) is 0.396. The van der Waals surface area contributed by atoms with Crippen LogP contribution in [0.3, 0.4) is 0 Å². The van der Waals surface area contributed by atoms with Crippen LogP contribution in [-0.4, -0.2) is 70.6 Å². The van der Waals surface area contributed by atoms with Gasteiger partial charge in [-0.3, -0.25) is 19.5 Å². The summed E-state index contributed by atoms with van der Waals surface area (Å²) >= 11 is 12.3. The van der Waals surface area contributed by atoms with Gasteiger partial charge in [-0.05, 0) is 62.0 Å². The third-order valence-electron chi connectivity index (χ3n) is 6.79. The Bertz CT molecular complexity index is 1320. The lowest BCUT2D eigenvalue weighted by molar-refractivity contribution is 0.0341. The van der Waals surface area contributed by atoms with E-state index in [1.807, 2.05) is 33.0 Å². The lowest BCUT2D eigenvalue weighted by atomic mass is 9.99. The van der Waals surface area contributed by atoms with Gasteiger partial charge in [-0.25, -0.2) is 0 Å².